The molecule has 0 spiro atoms. The molecule has 9 nitrogen and oxygen atoms in total. The highest BCUT2D eigenvalue weighted by Crippen LogP contribution is 2.39. The molecule has 10 heteroatoms. The van der Waals surface area contributed by atoms with Crippen LogP contribution < -0.4 is 10.1 Å². The van der Waals surface area contributed by atoms with Crippen LogP contribution in [0.4, 0.5) is 5.69 Å². The second-order valence-electron chi connectivity index (χ2n) is 10.4. The number of carbonyl (C=O) groups excluding carboxylic acids is 2. The van der Waals surface area contributed by atoms with E-state index in [1.165, 1.54) is 12.1 Å². The molecule has 2 amide bonds. The Kier molecular flexibility index (Phi) is 7.09. The maximum absolute atomic E-state index is 13.7. The molecule has 37 heavy (non-hydrogen) atoms. The largest absolute Gasteiger partial charge is 0.492 e. The second kappa shape index (κ2) is 10.3. The number of hydrogen-bond acceptors (Lipinski definition) is 6. The zero-order chi connectivity index (χ0) is 26.3. The number of nitro groups is 1. The number of likely N-dealkylation sites (tertiary alicyclic amines) is 1. The molecule has 0 bridgehead atoms. The molecule has 0 radical (unpaired) electrons. The number of rotatable bonds is 6. The minimum Gasteiger partial charge on any atom is -0.492 e. The average Bonchev–Trinajstić information content (AvgIpc) is 3.52. The number of non-ortho nitro benzene ring substituents is 1. The van der Waals surface area contributed by atoms with Crippen molar-refractivity contribution in [2.24, 2.45) is 11.8 Å². The first-order valence-corrected chi connectivity index (χ1v) is 13.1. The highest BCUT2D eigenvalue weighted by atomic mass is 35.5. The van der Waals surface area contributed by atoms with E-state index in [9.17, 15) is 19.7 Å². The molecule has 1 saturated carbocycles. The first-order valence-electron chi connectivity index (χ1n) is 12.7. The quantitative estimate of drug-likeness (QED) is 0.453. The predicted octanol–water partition coefficient (Wildman–Crippen LogP) is 3.84. The number of amides is 2. The molecule has 1 aliphatic carbocycles. The van der Waals surface area contributed by atoms with Gasteiger partial charge in [0.25, 0.3) is 11.6 Å². The number of halogens is 1. The van der Waals surface area contributed by atoms with Crippen LogP contribution in [0.5, 0.6) is 5.75 Å². The Hall–Kier alpha value is -3.17. The maximum Gasteiger partial charge on any atom is 0.270 e. The van der Waals surface area contributed by atoms with Gasteiger partial charge in [0.2, 0.25) is 5.91 Å². The first-order chi connectivity index (χ1) is 17.7. The van der Waals surface area contributed by atoms with Gasteiger partial charge >= 0.3 is 0 Å². The van der Waals surface area contributed by atoms with Crippen LogP contribution in [0.15, 0.2) is 36.4 Å². The van der Waals surface area contributed by atoms with E-state index in [-0.39, 0.29) is 35.0 Å². The highest BCUT2D eigenvalue weighted by molar-refractivity contribution is 6.30. The lowest BCUT2D eigenvalue weighted by atomic mass is 9.78. The fraction of sp³-hybridized carbons (Fsp3) is 0.481. The van der Waals surface area contributed by atoms with Gasteiger partial charge in [0.05, 0.1) is 17.1 Å². The Morgan fingerprint density at radius 3 is 2.65 bits per heavy atom. The lowest BCUT2D eigenvalue weighted by Crippen LogP contribution is -2.46. The van der Waals surface area contributed by atoms with Gasteiger partial charge in [-0.25, -0.2) is 0 Å². The molecule has 2 aromatic rings. The zero-order valence-corrected chi connectivity index (χ0v) is 21.7. The normalized spacial score (nSPS) is 23.2. The van der Waals surface area contributed by atoms with Crippen LogP contribution in [-0.2, 0) is 11.2 Å². The average molecular weight is 527 g/mol. The number of likely N-dealkylation sites (N-methyl/N-ethyl adjacent to an activating group) is 1. The van der Waals surface area contributed by atoms with Crippen LogP contribution >= 0.6 is 11.6 Å². The van der Waals surface area contributed by atoms with Crippen molar-refractivity contribution >= 4 is 29.1 Å². The summed E-state index contributed by atoms with van der Waals surface area (Å²) < 4.78 is 5.66. The Morgan fingerprint density at radius 2 is 1.95 bits per heavy atom. The van der Waals surface area contributed by atoms with Gasteiger partial charge in [-0.3, -0.25) is 24.6 Å². The molecule has 4 atom stereocenters. The van der Waals surface area contributed by atoms with Crippen molar-refractivity contribution in [2.75, 3.05) is 33.8 Å². The van der Waals surface area contributed by atoms with Crippen molar-refractivity contribution in [3.8, 4) is 5.75 Å². The van der Waals surface area contributed by atoms with Crippen molar-refractivity contribution in [1.82, 2.24) is 15.1 Å². The minimum absolute atomic E-state index is 0.0386. The number of carbonyl (C=O) groups is 2. The Balaban J connectivity index is 1.33. The van der Waals surface area contributed by atoms with E-state index >= 15 is 0 Å². The molecule has 0 aromatic heterocycles. The molecular formula is C27H31ClN4O5. The summed E-state index contributed by atoms with van der Waals surface area (Å²) in [6.45, 7) is 1.63. The second-order valence-corrected chi connectivity index (χ2v) is 10.9. The highest BCUT2D eigenvalue weighted by Gasteiger charge is 2.44. The number of nitrogens with zero attached hydrogens (tertiary/aromatic N) is 3. The van der Waals surface area contributed by atoms with E-state index in [1.54, 1.807) is 12.1 Å². The molecule has 2 fully saturated rings. The van der Waals surface area contributed by atoms with Gasteiger partial charge in [-0.05, 0) is 50.6 Å². The standard InChI is InChI=1S/C27H31ClN4O5/c1-30(2)24(16-6-8-19(28)9-7-16)27(34)31-14-18-4-3-5-23(22(18)15-31)29-26(33)21-13-20(32(35)36)12-17-10-11-37-25(17)21/h6-9,12-13,18,22-24H,3-5,10-11,14-15H2,1-2H3,(H,29,33)/t18-,22+,23-,24?/m1/s1. The lowest BCUT2D eigenvalue weighted by Gasteiger charge is -2.33. The molecular weight excluding hydrogens is 496 g/mol. The monoisotopic (exact) mass is 526 g/mol. The van der Waals surface area contributed by atoms with Crippen LogP contribution in [-0.4, -0.2) is 66.4 Å². The number of fused-ring (bicyclic) bond motifs is 2. The van der Waals surface area contributed by atoms with E-state index in [0.717, 1.165) is 24.8 Å². The van der Waals surface area contributed by atoms with Crippen LogP contribution in [0.3, 0.4) is 0 Å². The van der Waals surface area contributed by atoms with Crippen molar-refractivity contribution in [3.63, 3.8) is 0 Å². The topological polar surface area (TPSA) is 105 Å². The number of nitrogens with one attached hydrogen (secondary N) is 1. The van der Waals surface area contributed by atoms with E-state index in [1.807, 2.05) is 36.0 Å². The van der Waals surface area contributed by atoms with Crippen LogP contribution in [0, 0.1) is 22.0 Å². The molecule has 1 unspecified atom stereocenters. The smallest absolute Gasteiger partial charge is 0.270 e. The van der Waals surface area contributed by atoms with Gasteiger partial charge < -0.3 is 15.0 Å². The number of hydrogen-bond donors (Lipinski definition) is 1. The van der Waals surface area contributed by atoms with Gasteiger partial charge in [0.15, 0.2) is 0 Å². The van der Waals surface area contributed by atoms with Gasteiger partial charge in [-0.2, -0.15) is 0 Å². The molecule has 1 saturated heterocycles. The predicted molar refractivity (Wildman–Crippen MR) is 139 cm³/mol. The Bertz CT molecular complexity index is 1220. The van der Waals surface area contributed by atoms with Crippen molar-refractivity contribution in [1.29, 1.82) is 0 Å². The number of ether oxygens (including phenoxy) is 1. The SMILES string of the molecule is CN(C)C(C(=O)N1C[C@H]2CCC[C@@H](NC(=O)c3cc([N+](=O)[O-])cc4c3OCC4)[C@H]2C1)c1ccc(Cl)cc1. The number of nitro benzene ring substituents is 1. The zero-order valence-electron chi connectivity index (χ0n) is 21.0. The van der Waals surface area contributed by atoms with E-state index < -0.39 is 11.0 Å². The molecule has 2 heterocycles. The molecule has 2 aromatic carbocycles. The van der Waals surface area contributed by atoms with Gasteiger partial charge in [-0.15, -0.1) is 0 Å². The summed E-state index contributed by atoms with van der Waals surface area (Å²) in [6, 6.07) is 9.61. The van der Waals surface area contributed by atoms with Crippen LogP contribution in [0.1, 0.15) is 46.8 Å². The third-order valence-electron chi connectivity index (χ3n) is 7.89. The Morgan fingerprint density at radius 1 is 1.19 bits per heavy atom. The first kappa shape index (κ1) is 25.5. The molecule has 5 rings (SSSR count). The van der Waals surface area contributed by atoms with Gasteiger partial charge in [-0.1, -0.05) is 30.2 Å². The fourth-order valence-corrected chi connectivity index (χ4v) is 6.25. The summed E-state index contributed by atoms with van der Waals surface area (Å²) in [5.74, 6) is 0.544. The summed E-state index contributed by atoms with van der Waals surface area (Å²) in [4.78, 5) is 41.8. The summed E-state index contributed by atoms with van der Waals surface area (Å²) in [6.07, 6.45) is 3.31. The van der Waals surface area contributed by atoms with Crippen molar-refractivity contribution in [2.45, 2.75) is 37.8 Å². The fourth-order valence-electron chi connectivity index (χ4n) is 6.12. The number of benzene rings is 2. The third kappa shape index (κ3) is 5.02. The molecule has 3 aliphatic rings. The molecule has 1 N–H and O–H groups in total. The summed E-state index contributed by atoms with van der Waals surface area (Å²) in [7, 11) is 3.78. The summed E-state index contributed by atoms with van der Waals surface area (Å²) in [5, 5.41) is 15.2. The summed E-state index contributed by atoms with van der Waals surface area (Å²) in [5.41, 5.74) is 1.68. The van der Waals surface area contributed by atoms with Crippen LogP contribution in [0.25, 0.3) is 0 Å². The van der Waals surface area contributed by atoms with Crippen molar-refractivity contribution in [3.05, 3.63) is 68.2 Å². The van der Waals surface area contributed by atoms with Crippen molar-refractivity contribution < 1.29 is 19.2 Å². The van der Waals surface area contributed by atoms with Crippen LogP contribution in [0.2, 0.25) is 5.02 Å². The minimum atomic E-state index is -0.478. The van der Waals surface area contributed by atoms with E-state index in [4.69, 9.17) is 16.3 Å². The lowest BCUT2D eigenvalue weighted by molar-refractivity contribution is -0.384. The van der Waals surface area contributed by atoms with Gasteiger partial charge in [0.1, 0.15) is 11.8 Å². The third-order valence-corrected chi connectivity index (χ3v) is 8.14. The summed E-state index contributed by atoms with van der Waals surface area (Å²) >= 11 is 6.06. The van der Waals surface area contributed by atoms with E-state index in [2.05, 4.69) is 5.32 Å². The maximum atomic E-state index is 13.7. The molecule has 2 aliphatic heterocycles. The van der Waals surface area contributed by atoms with Gasteiger partial charge in [0, 0.05) is 54.2 Å². The molecule has 196 valence electrons. The Labute approximate surface area is 220 Å². The van der Waals surface area contributed by atoms with E-state index in [0.29, 0.717) is 48.4 Å².